The van der Waals surface area contributed by atoms with E-state index in [2.05, 4.69) is 21.2 Å². The molecule has 0 saturated carbocycles. The van der Waals surface area contributed by atoms with Crippen molar-refractivity contribution in [1.82, 2.24) is 5.32 Å². The molecule has 1 amide bonds. The lowest BCUT2D eigenvalue weighted by atomic mass is 10.2. The predicted octanol–water partition coefficient (Wildman–Crippen LogP) is 3.79. The van der Waals surface area contributed by atoms with E-state index in [1.165, 1.54) is 12.1 Å². The monoisotopic (exact) mass is 488 g/mol. The maximum absolute atomic E-state index is 12.9. The Hall–Kier alpha value is -1.58. The van der Waals surface area contributed by atoms with Gasteiger partial charge in [0.2, 0.25) is 15.9 Å². The van der Waals surface area contributed by atoms with E-state index in [1.54, 1.807) is 48.2 Å². The number of benzene rings is 2. The molecule has 0 aromatic heterocycles. The quantitative estimate of drug-likeness (QED) is 0.516. The third kappa shape index (κ3) is 7.44. The molecule has 5 nitrogen and oxygen atoms in total. The van der Waals surface area contributed by atoms with Crippen LogP contribution in [-0.2, 0) is 20.6 Å². The average molecular weight is 489 g/mol. The minimum Gasteiger partial charge on any atom is -0.354 e. The number of rotatable bonds is 10. The van der Waals surface area contributed by atoms with Crippen molar-refractivity contribution in [3.05, 3.63) is 64.4 Å². The molecule has 0 aliphatic heterocycles. The Bertz CT molecular complexity index is 892. The first-order valence-electron chi connectivity index (χ1n) is 8.58. The van der Waals surface area contributed by atoms with Gasteiger partial charge < -0.3 is 5.32 Å². The van der Waals surface area contributed by atoms with Crippen LogP contribution >= 0.6 is 27.7 Å². The Morgan fingerprint density at radius 2 is 1.86 bits per heavy atom. The zero-order chi connectivity index (χ0) is 20.6. The van der Waals surface area contributed by atoms with Gasteiger partial charge in [0, 0.05) is 16.8 Å². The van der Waals surface area contributed by atoms with Gasteiger partial charge in [-0.2, -0.15) is 11.8 Å². The molecule has 0 heterocycles. The molecule has 1 N–H and O–H groups in total. The van der Waals surface area contributed by atoms with Gasteiger partial charge in [0.05, 0.1) is 11.9 Å². The fourth-order valence-electron chi connectivity index (χ4n) is 2.39. The molecular weight excluding hydrogens is 467 g/mol. The maximum Gasteiger partial charge on any atom is 0.240 e. The summed E-state index contributed by atoms with van der Waals surface area (Å²) in [5.74, 6) is 1.00. The van der Waals surface area contributed by atoms with E-state index < -0.39 is 10.0 Å². The molecule has 0 fully saturated rings. The molecule has 152 valence electrons. The number of amides is 1. The summed E-state index contributed by atoms with van der Waals surface area (Å²) >= 11 is 5.02. The van der Waals surface area contributed by atoms with Crippen LogP contribution < -0.4 is 9.62 Å². The fraction of sp³-hybridized carbons (Fsp3) is 0.316. The number of nitrogens with zero attached hydrogens (tertiary/aromatic N) is 1. The van der Waals surface area contributed by atoms with Crippen LogP contribution in [0.2, 0.25) is 0 Å². The van der Waals surface area contributed by atoms with Gasteiger partial charge in [0.1, 0.15) is 12.4 Å². The lowest BCUT2D eigenvalue weighted by Crippen LogP contribution is -2.40. The number of hydrogen-bond acceptors (Lipinski definition) is 4. The number of carbonyl (C=O) groups is 1. The van der Waals surface area contributed by atoms with Gasteiger partial charge in [0.15, 0.2) is 0 Å². The van der Waals surface area contributed by atoms with Crippen molar-refractivity contribution >= 4 is 49.3 Å². The molecule has 0 unspecified atom stereocenters. The summed E-state index contributed by atoms with van der Waals surface area (Å²) < 4.78 is 38.7. The minimum atomic E-state index is -3.60. The molecule has 2 aromatic rings. The molecule has 9 heteroatoms. The van der Waals surface area contributed by atoms with Crippen molar-refractivity contribution in [3.63, 3.8) is 0 Å². The second-order valence-corrected chi connectivity index (χ2v) is 9.97. The van der Waals surface area contributed by atoms with Gasteiger partial charge >= 0.3 is 0 Å². The Kier molecular flexibility index (Phi) is 8.78. The Balaban J connectivity index is 1.76. The SMILES string of the molecule is CS(=O)(=O)N(CC(=O)NCCCSCc1ccc(F)cc1)c1ccccc1Br. The molecule has 0 atom stereocenters. The highest BCUT2D eigenvalue weighted by Gasteiger charge is 2.22. The van der Waals surface area contributed by atoms with E-state index in [-0.39, 0.29) is 18.3 Å². The first kappa shape index (κ1) is 22.7. The summed E-state index contributed by atoms with van der Waals surface area (Å²) in [7, 11) is -3.60. The van der Waals surface area contributed by atoms with Gasteiger partial charge in [0.25, 0.3) is 0 Å². The first-order chi connectivity index (χ1) is 13.3. The number of thioether (sulfide) groups is 1. The summed E-state index contributed by atoms with van der Waals surface area (Å²) in [5, 5.41) is 2.76. The van der Waals surface area contributed by atoms with Crippen LogP contribution in [0.3, 0.4) is 0 Å². The molecule has 2 aromatic carbocycles. The van der Waals surface area contributed by atoms with Crippen LogP contribution in [0, 0.1) is 5.82 Å². The van der Waals surface area contributed by atoms with Crippen LogP contribution in [-0.4, -0.2) is 39.4 Å². The van der Waals surface area contributed by atoms with E-state index in [4.69, 9.17) is 0 Å². The number of sulfonamides is 1. The molecule has 0 radical (unpaired) electrons. The standard InChI is InChI=1S/C19H22BrFN2O3S2/c1-28(25,26)23(18-6-3-2-5-17(18)20)13-19(24)22-11-4-12-27-14-15-7-9-16(21)10-8-15/h2-3,5-10H,4,11-14H2,1H3,(H,22,24). The van der Waals surface area contributed by atoms with Gasteiger partial charge in [-0.05, 0) is 57.9 Å². The number of carbonyl (C=O) groups excluding carboxylic acids is 1. The highest BCUT2D eigenvalue weighted by atomic mass is 79.9. The lowest BCUT2D eigenvalue weighted by molar-refractivity contribution is -0.119. The third-order valence-corrected chi connectivity index (χ3v) is 6.69. The van der Waals surface area contributed by atoms with Gasteiger partial charge in [-0.3, -0.25) is 9.10 Å². The Morgan fingerprint density at radius 1 is 1.18 bits per heavy atom. The van der Waals surface area contributed by atoms with E-state index in [9.17, 15) is 17.6 Å². The summed E-state index contributed by atoms with van der Waals surface area (Å²) in [6.45, 7) is 0.187. The van der Waals surface area contributed by atoms with Gasteiger partial charge in [-0.25, -0.2) is 12.8 Å². The largest absolute Gasteiger partial charge is 0.354 e. The summed E-state index contributed by atoms with van der Waals surface area (Å²) in [6, 6.07) is 13.3. The summed E-state index contributed by atoms with van der Waals surface area (Å²) in [6.07, 6.45) is 1.83. The zero-order valence-electron chi connectivity index (χ0n) is 15.4. The highest BCUT2D eigenvalue weighted by molar-refractivity contribution is 9.10. The molecule has 0 saturated heterocycles. The topological polar surface area (TPSA) is 66.5 Å². The van der Waals surface area contributed by atoms with Crippen LogP contribution in [0.25, 0.3) is 0 Å². The maximum atomic E-state index is 12.9. The molecule has 2 rings (SSSR count). The number of anilines is 1. The van der Waals surface area contributed by atoms with Crippen molar-refractivity contribution in [3.8, 4) is 0 Å². The van der Waals surface area contributed by atoms with E-state index in [0.29, 0.717) is 16.7 Å². The van der Waals surface area contributed by atoms with Crippen molar-refractivity contribution in [1.29, 1.82) is 0 Å². The predicted molar refractivity (Wildman–Crippen MR) is 117 cm³/mol. The molecule has 0 bridgehead atoms. The van der Waals surface area contributed by atoms with E-state index in [0.717, 1.165) is 34.1 Å². The van der Waals surface area contributed by atoms with Crippen LogP contribution in [0.4, 0.5) is 10.1 Å². The van der Waals surface area contributed by atoms with Crippen LogP contribution in [0.15, 0.2) is 53.0 Å². The molecular formula is C19H22BrFN2O3S2. The smallest absolute Gasteiger partial charge is 0.240 e. The van der Waals surface area contributed by atoms with Crippen molar-refractivity contribution in [2.45, 2.75) is 12.2 Å². The summed E-state index contributed by atoms with van der Waals surface area (Å²) in [5.41, 5.74) is 1.47. The van der Waals surface area contributed by atoms with Crippen molar-refractivity contribution in [2.24, 2.45) is 0 Å². The zero-order valence-corrected chi connectivity index (χ0v) is 18.6. The number of nitrogens with one attached hydrogen (secondary N) is 1. The van der Waals surface area contributed by atoms with Crippen LogP contribution in [0.5, 0.6) is 0 Å². The number of halogens is 2. The number of hydrogen-bond donors (Lipinski definition) is 1. The third-order valence-electron chi connectivity index (χ3n) is 3.78. The molecule has 28 heavy (non-hydrogen) atoms. The Morgan fingerprint density at radius 3 is 2.50 bits per heavy atom. The van der Waals surface area contributed by atoms with Crippen molar-refractivity contribution < 1.29 is 17.6 Å². The second kappa shape index (κ2) is 10.8. The molecule has 0 aliphatic rings. The Labute approximate surface area is 177 Å². The van der Waals surface area contributed by atoms with E-state index >= 15 is 0 Å². The minimum absolute atomic E-state index is 0.248. The number of para-hydroxylation sites is 1. The first-order valence-corrected chi connectivity index (χ1v) is 12.4. The molecule has 0 aliphatic carbocycles. The van der Waals surface area contributed by atoms with Gasteiger partial charge in [-0.1, -0.05) is 24.3 Å². The average Bonchev–Trinajstić information content (AvgIpc) is 2.64. The van der Waals surface area contributed by atoms with Gasteiger partial charge in [-0.15, -0.1) is 0 Å². The summed E-state index contributed by atoms with van der Waals surface area (Å²) in [4.78, 5) is 12.2. The lowest BCUT2D eigenvalue weighted by Gasteiger charge is -2.23. The van der Waals surface area contributed by atoms with Crippen molar-refractivity contribution in [2.75, 3.05) is 29.4 Å². The fourth-order valence-corrected chi connectivity index (χ4v) is 4.80. The molecule has 0 spiro atoms. The highest BCUT2D eigenvalue weighted by Crippen LogP contribution is 2.27. The second-order valence-electron chi connectivity index (χ2n) is 6.10. The van der Waals surface area contributed by atoms with E-state index in [1.807, 2.05) is 0 Å². The van der Waals surface area contributed by atoms with Crippen LogP contribution in [0.1, 0.15) is 12.0 Å². The normalized spacial score (nSPS) is 11.2.